The maximum absolute atomic E-state index is 6.13. The molecule has 0 amide bonds. The molecule has 2 atom stereocenters. The predicted octanol–water partition coefficient (Wildman–Crippen LogP) is 3.59. The fourth-order valence-electron chi connectivity index (χ4n) is 2.59. The van der Waals surface area contributed by atoms with Gasteiger partial charge in [-0.25, -0.2) is 9.97 Å². The summed E-state index contributed by atoms with van der Waals surface area (Å²) in [7, 11) is 0. The number of nitrogens with zero attached hydrogens (tertiary/aromatic N) is 3. The number of halogens is 1. The third kappa shape index (κ3) is 3.14. The van der Waals surface area contributed by atoms with Crippen LogP contribution in [0, 0.1) is 0 Å². The Bertz CT molecular complexity index is 392. The first-order valence-electron chi connectivity index (χ1n) is 6.80. The maximum Gasteiger partial charge on any atom is 0.132 e. The Labute approximate surface area is 115 Å². The van der Waals surface area contributed by atoms with Gasteiger partial charge in [0.05, 0.1) is 0 Å². The van der Waals surface area contributed by atoms with E-state index in [1.165, 1.54) is 12.8 Å². The number of rotatable bonds is 4. The largest absolute Gasteiger partial charge is 0.353 e. The zero-order valence-corrected chi connectivity index (χ0v) is 12.2. The summed E-state index contributed by atoms with van der Waals surface area (Å²) in [6.45, 7) is 7.48. The first-order valence-corrected chi connectivity index (χ1v) is 7.24. The summed E-state index contributed by atoms with van der Waals surface area (Å²) in [6, 6.07) is 2.66. The molecule has 1 aliphatic rings. The van der Waals surface area contributed by atoms with Gasteiger partial charge in [0, 0.05) is 29.7 Å². The molecule has 1 aromatic rings. The lowest BCUT2D eigenvalue weighted by Gasteiger charge is -2.26. The Balaban J connectivity index is 2.16. The van der Waals surface area contributed by atoms with Crippen molar-refractivity contribution in [2.45, 2.75) is 57.4 Å². The van der Waals surface area contributed by atoms with Crippen molar-refractivity contribution >= 4 is 17.4 Å². The first kappa shape index (κ1) is 13.6. The van der Waals surface area contributed by atoms with E-state index in [-0.39, 0.29) is 5.38 Å². The number of hydrogen-bond acceptors (Lipinski definition) is 3. The lowest BCUT2D eigenvalue weighted by atomic mass is 10.1. The van der Waals surface area contributed by atoms with Crippen LogP contribution >= 0.6 is 11.6 Å². The summed E-state index contributed by atoms with van der Waals surface area (Å²) in [5.74, 6) is 1.51. The molecule has 1 saturated heterocycles. The zero-order chi connectivity index (χ0) is 13.1. The number of alkyl halides is 1. The Morgan fingerprint density at radius 1 is 1.39 bits per heavy atom. The van der Waals surface area contributed by atoms with E-state index in [1.807, 2.05) is 0 Å². The second-order valence-corrected chi connectivity index (χ2v) is 6.21. The maximum atomic E-state index is 6.13. The molecule has 4 heteroatoms. The Hall–Kier alpha value is -0.830. The number of hydrogen-bond donors (Lipinski definition) is 0. The second kappa shape index (κ2) is 5.87. The second-order valence-electron chi connectivity index (χ2n) is 5.46. The van der Waals surface area contributed by atoms with Gasteiger partial charge in [0.1, 0.15) is 12.1 Å². The van der Waals surface area contributed by atoms with Crippen molar-refractivity contribution in [3.05, 3.63) is 18.1 Å². The third-order valence-electron chi connectivity index (χ3n) is 3.53. The predicted molar refractivity (Wildman–Crippen MR) is 76.4 cm³/mol. The molecule has 1 fully saturated rings. The van der Waals surface area contributed by atoms with E-state index in [0.717, 1.165) is 24.5 Å². The molecule has 2 rings (SSSR count). The van der Waals surface area contributed by atoms with Crippen LogP contribution in [0.5, 0.6) is 0 Å². The summed E-state index contributed by atoms with van der Waals surface area (Å²) >= 11 is 6.13. The van der Waals surface area contributed by atoms with Crippen LogP contribution in [0.15, 0.2) is 12.4 Å². The van der Waals surface area contributed by atoms with E-state index < -0.39 is 0 Å². The van der Waals surface area contributed by atoms with Gasteiger partial charge in [-0.3, -0.25) is 0 Å². The number of anilines is 1. The molecule has 0 N–H and O–H groups in total. The van der Waals surface area contributed by atoms with E-state index in [4.69, 9.17) is 11.6 Å². The molecule has 2 unspecified atom stereocenters. The Morgan fingerprint density at radius 3 is 2.83 bits per heavy atom. The summed E-state index contributed by atoms with van der Waals surface area (Å²) in [5.41, 5.74) is 1.12. The minimum atomic E-state index is 0.224. The van der Waals surface area contributed by atoms with E-state index in [9.17, 15) is 0 Å². The fraction of sp³-hybridized carbons (Fsp3) is 0.714. The molecule has 2 heterocycles. The van der Waals surface area contributed by atoms with Crippen LogP contribution in [0.25, 0.3) is 0 Å². The molecule has 0 aliphatic carbocycles. The van der Waals surface area contributed by atoms with Crippen molar-refractivity contribution < 1.29 is 0 Å². The van der Waals surface area contributed by atoms with Gasteiger partial charge in [0.15, 0.2) is 0 Å². The monoisotopic (exact) mass is 267 g/mol. The standard InChI is InChI=1S/C14H22ClN3/c1-10(2)13-8-14(17-9-16-13)18-6-4-5-12(18)7-11(3)15/h8-12H,4-7H2,1-3H3. The molecular weight excluding hydrogens is 246 g/mol. The first-order chi connectivity index (χ1) is 8.58. The van der Waals surface area contributed by atoms with E-state index >= 15 is 0 Å². The fourth-order valence-corrected chi connectivity index (χ4v) is 2.80. The van der Waals surface area contributed by atoms with Crippen molar-refractivity contribution in [1.29, 1.82) is 0 Å². The third-order valence-corrected chi connectivity index (χ3v) is 3.71. The van der Waals surface area contributed by atoms with Crippen LogP contribution in [0.2, 0.25) is 0 Å². The number of aromatic nitrogens is 2. The molecule has 1 aromatic heterocycles. The molecule has 3 nitrogen and oxygen atoms in total. The van der Waals surface area contributed by atoms with Gasteiger partial charge in [0.2, 0.25) is 0 Å². The Kier molecular flexibility index (Phi) is 4.44. The van der Waals surface area contributed by atoms with Crippen molar-refractivity contribution in [2.75, 3.05) is 11.4 Å². The van der Waals surface area contributed by atoms with Crippen molar-refractivity contribution in [2.24, 2.45) is 0 Å². The van der Waals surface area contributed by atoms with Gasteiger partial charge >= 0.3 is 0 Å². The highest BCUT2D eigenvalue weighted by atomic mass is 35.5. The highest BCUT2D eigenvalue weighted by Crippen LogP contribution is 2.28. The van der Waals surface area contributed by atoms with Gasteiger partial charge in [-0.05, 0) is 32.1 Å². The summed E-state index contributed by atoms with van der Waals surface area (Å²) < 4.78 is 0. The SMILES string of the molecule is CC(Cl)CC1CCCN1c1cc(C(C)C)ncn1. The summed E-state index contributed by atoms with van der Waals surface area (Å²) in [5, 5.41) is 0.224. The van der Waals surface area contributed by atoms with Gasteiger partial charge in [-0.1, -0.05) is 13.8 Å². The van der Waals surface area contributed by atoms with Crippen LogP contribution < -0.4 is 4.90 Å². The zero-order valence-electron chi connectivity index (χ0n) is 11.4. The van der Waals surface area contributed by atoms with Crippen molar-refractivity contribution in [1.82, 2.24) is 9.97 Å². The van der Waals surface area contributed by atoms with E-state index in [2.05, 4.69) is 41.7 Å². The summed E-state index contributed by atoms with van der Waals surface area (Å²) in [4.78, 5) is 11.2. The molecular formula is C14H22ClN3. The normalized spacial score (nSPS) is 21.6. The quantitative estimate of drug-likeness (QED) is 0.781. The molecule has 0 aromatic carbocycles. The molecule has 100 valence electrons. The lowest BCUT2D eigenvalue weighted by Crippen LogP contribution is -2.31. The lowest BCUT2D eigenvalue weighted by molar-refractivity contribution is 0.600. The van der Waals surface area contributed by atoms with Crippen LogP contribution in [0.4, 0.5) is 5.82 Å². The smallest absolute Gasteiger partial charge is 0.132 e. The minimum absolute atomic E-state index is 0.224. The minimum Gasteiger partial charge on any atom is -0.353 e. The molecule has 0 radical (unpaired) electrons. The van der Waals surface area contributed by atoms with Gasteiger partial charge in [0.25, 0.3) is 0 Å². The Morgan fingerprint density at radius 2 is 2.17 bits per heavy atom. The molecule has 0 bridgehead atoms. The molecule has 0 saturated carbocycles. The highest BCUT2D eigenvalue weighted by Gasteiger charge is 2.26. The average molecular weight is 268 g/mol. The molecule has 0 spiro atoms. The van der Waals surface area contributed by atoms with Gasteiger partial charge < -0.3 is 4.90 Å². The molecule has 18 heavy (non-hydrogen) atoms. The van der Waals surface area contributed by atoms with E-state index in [0.29, 0.717) is 12.0 Å². The van der Waals surface area contributed by atoms with E-state index in [1.54, 1.807) is 6.33 Å². The average Bonchev–Trinajstić information content (AvgIpc) is 2.76. The molecule has 1 aliphatic heterocycles. The van der Waals surface area contributed by atoms with Gasteiger partial charge in [-0.15, -0.1) is 11.6 Å². The van der Waals surface area contributed by atoms with Gasteiger partial charge in [-0.2, -0.15) is 0 Å². The van der Waals surface area contributed by atoms with Crippen LogP contribution in [-0.2, 0) is 0 Å². The highest BCUT2D eigenvalue weighted by molar-refractivity contribution is 6.20. The van der Waals surface area contributed by atoms with Crippen LogP contribution in [0.1, 0.15) is 51.6 Å². The summed E-state index contributed by atoms with van der Waals surface area (Å²) in [6.07, 6.45) is 5.17. The van der Waals surface area contributed by atoms with Crippen molar-refractivity contribution in [3.63, 3.8) is 0 Å². The topological polar surface area (TPSA) is 29.0 Å². The van der Waals surface area contributed by atoms with Crippen LogP contribution in [-0.4, -0.2) is 27.9 Å². The van der Waals surface area contributed by atoms with Crippen LogP contribution in [0.3, 0.4) is 0 Å². The van der Waals surface area contributed by atoms with Crippen molar-refractivity contribution in [3.8, 4) is 0 Å².